The molecule has 0 saturated carbocycles. The number of nitrogens with zero attached hydrogens (tertiary/aromatic N) is 2. The SMILES string of the molecule is COCCCN1CCOc2ccc(CO[C@H]3CN(C(C)(C)C)C[C@@H](O)[C@@H]3c3ccc(OCCCOc4ccccc4Cl)cc3)cc21. The van der Waals surface area contributed by atoms with Gasteiger partial charge in [0.1, 0.15) is 23.9 Å². The van der Waals surface area contributed by atoms with Gasteiger partial charge in [-0.3, -0.25) is 4.90 Å². The fourth-order valence-corrected chi connectivity index (χ4v) is 6.35. The summed E-state index contributed by atoms with van der Waals surface area (Å²) < 4.78 is 29.7. The summed E-state index contributed by atoms with van der Waals surface area (Å²) in [6, 6.07) is 21.8. The Hall–Kier alpha value is -3.01. The summed E-state index contributed by atoms with van der Waals surface area (Å²) in [6.45, 7) is 12.6. The molecule has 2 aliphatic rings. The van der Waals surface area contributed by atoms with Crippen LogP contribution in [0.3, 0.4) is 0 Å². The van der Waals surface area contributed by atoms with Gasteiger partial charge in [0.25, 0.3) is 0 Å². The van der Waals surface area contributed by atoms with E-state index >= 15 is 0 Å². The fourth-order valence-electron chi connectivity index (χ4n) is 6.16. The normalized spacial score (nSPS) is 20.2. The van der Waals surface area contributed by atoms with Crippen LogP contribution in [0.15, 0.2) is 66.7 Å². The molecule has 9 heteroatoms. The number of methoxy groups -OCH3 is 1. The number of anilines is 1. The zero-order chi connectivity index (χ0) is 32.5. The van der Waals surface area contributed by atoms with Crippen molar-refractivity contribution in [3.8, 4) is 17.2 Å². The smallest absolute Gasteiger partial charge is 0.142 e. The molecule has 3 aromatic carbocycles. The fraction of sp³-hybridized carbons (Fsp3) is 0.514. The molecule has 2 heterocycles. The highest BCUT2D eigenvalue weighted by molar-refractivity contribution is 6.32. The van der Waals surface area contributed by atoms with Gasteiger partial charge in [0.2, 0.25) is 0 Å². The first-order valence-corrected chi connectivity index (χ1v) is 16.7. The predicted octanol–water partition coefficient (Wildman–Crippen LogP) is 6.57. The van der Waals surface area contributed by atoms with Gasteiger partial charge >= 0.3 is 0 Å². The highest BCUT2D eigenvalue weighted by atomic mass is 35.5. The molecule has 1 N–H and O–H groups in total. The zero-order valence-electron chi connectivity index (χ0n) is 27.6. The van der Waals surface area contributed by atoms with Gasteiger partial charge in [-0.2, -0.15) is 0 Å². The average molecular weight is 653 g/mol. The molecule has 0 aromatic heterocycles. The lowest BCUT2D eigenvalue weighted by Gasteiger charge is -2.47. The van der Waals surface area contributed by atoms with Gasteiger partial charge in [0.05, 0.1) is 49.3 Å². The minimum Gasteiger partial charge on any atom is -0.493 e. The number of piperidine rings is 1. The number of hydrogen-bond donors (Lipinski definition) is 1. The molecule has 0 bridgehead atoms. The maximum atomic E-state index is 11.5. The summed E-state index contributed by atoms with van der Waals surface area (Å²) in [5, 5.41) is 12.1. The van der Waals surface area contributed by atoms with Crippen molar-refractivity contribution in [1.82, 2.24) is 4.90 Å². The second-order valence-electron chi connectivity index (χ2n) is 13.1. The standard InChI is InChI=1S/C37H49ClN2O6/c1-37(2,3)40-24-32(41)36(28-12-14-29(15-13-28)43-20-8-21-44-33-10-6-5-9-30(33)38)35(25-40)46-26-27-11-16-34-31(23-27)39(18-22-45-34)17-7-19-42-4/h5-6,9-16,23,32,35-36,41H,7-8,17-22,24-26H2,1-4H3/t32-,35+,36+/m1/s1. The van der Waals surface area contributed by atoms with Gasteiger partial charge in [-0.05, 0) is 74.7 Å². The van der Waals surface area contributed by atoms with E-state index in [0.29, 0.717) is 43.7 Å². The molecule has 0 aliphatic carbocycles. The Morgan fingerprint density at radius 2 is 1.72 bits per heavy atom. The van der Waals surface area contributed by atoms with E-state index in [2.05, 4.69) is 54.8 Å². The first-order chi connectivity index (χ1) is 22.2. The van der Waals surface area contributed by atoms with Gasteiger partial charge < -0.3 is 33.7 Å². The van der Waals surface area contributed by atoms with E-state index in [9.17, 15) is 5.11 Å². The Morgan fingerprint density at radius 3 is 2.48 bits per heavy atom. The van der Waals surface area contributed by atoms with Crippen LogP contribution in [0.1, 0.15) is 50.7 Å². The third-order valence-corrected chi connectivity index (χ3v) is 9.02. The number of hydrogen-bond acceptors (Lipinski definition) is 8. The van der Waals surface area contributed by atoms with Crippen molar-refractivity contribution < 1.29 is 28.8 Å². The Morgan fingerprint density at radius 1 is 0.935 bits per heavy atom. The molecule has 0 radical (unpaired) electrons. The molecule has 46 heavy (non-hydrogen) atoms. The number of ether oxygens (including phenoxy) is 5. The summed E-state index contributed by atoms with van der Waals surface area (Å²) in [7, 11) is 1.74. The van der Waals surface area contributed by atoms with Crippen LogP contribution in [0.25, 0.3) is 0 Å². The molecular formula is C37H49ClN2O6. The molecule has 0 amide bonds. The van der Waals surface area contributed by atoms with E-state index < -0.39 is 6.10 Å². The number of para-hydroxylation sites is 1. The number of aliphatic hydroxyl groups is 1. The third-order valence-electron chi connectivity index (χ3n) is 8.71. The summed E-state index contributed by atoms with van der Waals surface area (Å²) in [6.07, 6.45) is 0.928. The van der Waals surface area contributed by atoms with Crippen molar-refractivity contribution in [2.24, 2.45) is 0 Å². The molecule has 1 saturated heterocycles. The molecule has 250 valence electrons. The number of halogens is 1. The Kier molecular flexibility index (Phi) is 12.1. The highest BCUT2D eigenvalue weighted by Gasteiger charge is 2.41. The topological polar surface area (TPSA) is 72.9 Å². The van der Waals surface area contributed by atoms with Crippen LogP contribution in [0.5, 0.6) is 17.2 Å². The van der Waals surface area contributed by atoms with Crippen LogP contribution in [0.4, 0.5) is 5.69 Å². The number of aliphatic hydroxyl groups excluding tert-OH is 1. The first kappa shape index (κ1) is 34.3. The van der Waals surface area contributed by atoms with E-state index in [4.69, 9.17) is 35.3 Å². The van der Waals surface area contributed by atoms with Crippen molar-refractivity contribution in [3.63, 3.8) is 0 Å². The lowest BCUT2D eigenvalue weighted by Crippen LogP contribution is -2.57. The summed E-state index contributed by atoms with van der Waals surface area (Å²) in [4.78, 5) is 4.69. The number of rotatable bonds is 14. The predicted molar refractivity (Wildman–Crippen MR) is 183 cm³/mol. The van der Waals surface area contributed by atoms with Crippen LogP contribution in [-0.4, -0.2) is 87.5 Å². The van der Waals surface area contributed by atoms with Crippen LogP contribution in [-0.2, 0) is 16.1 Å². The van der Waals surface area contributed by atoms with E-state index in [-0.39, 0.29) is 17.6 Å². The number of benzene rings is 3. The number of β-amino-alcohol motifs (C(OH)–C–C–N with tert-alkyl or cyclic N) is 1. The van der Waals surface area contributed by atoms with Crippen LogP contribution in [0.2, 0.25) is 5.02 Å². The largest absolute Gasteiger partial charge is 0.493 e. The van der Waals surface area contributed by atoms with Crippen LogP contribution >= 0.6 is 11.6 Å². The van der Waals surface area contributed by atoms with Gasteiger partial charge in [-0.15, -0.1) is 0 Å². The molecule has 0 unspecified atom stereocenters. The second kappa shape index (κ2) is 16.2. The van der Waals surface area contributed by atoms with Crippen molar-refractivity contribution in [2.45, 2.75) is 63.9 Å². The third kappa shape index (κ3) is 9.07. The molecule has 3 atom stereocenters. The van der Waals surface area contributed by atoms with E-state index in [1.54, 1.807) is 7.11 Å². The molecule has 2 aliphatic heterocycles. The minimum absolute atomic E-state index is 0.0906. The van der Waals surface area contributed by atoms with Gasteiger partial charge in [-0.25, -0.2) is 0 Å². The maximum Gasteiger partial charge on any atom is 0.142 e. The molecule has 0 spiro atoms. The van der Waals surface area contributed by atoms with E-state index in [1.807, 2.05) is 42.5 Å². The molecule has 3 aromatic rings. The molecule has 1 fully saturated rings. The Labute approximate surface area is 279 Å². The lowest BCUT2D eigenvalue weighted by atomic mass is 9.83. The number of likely N-dealkylation sites (tertiary alicyclic amines) is 1. The van der Waals surface area contributed by atoms with Gasteiger partial charge in [0, 0.05) is 51.2 Å². The van der Waals surface area contributed by atoms with E-state index in [0.717, 1.165) is 67.4 Å². The summed E-state index contributed by atoms with van der Waals surface area (Å²) in [5.74, 6) is 2.21. The molecular weight excluding hydrogens is 604 g/mol. The lowest BCUT2D eigenvalue weighted by molar-refractivity contribution is -0.0927. The first-order valence-electron chi connectivity index (χ1n) is 16.4. The molecule has 5 rings (SSSR count). The monoisotopic (exact) mass is 652 g/mol. The summed E-state index contributed by atoms with van der Waals surface area (Å²) in [5.41, 5.74) is 3.14. The zero-order valence-corrected chi connectivity index (χ0v) is 28.4. The maximum absolute atomic E-state index is 11.5. The highest BCUT2D eigenvalue weighted by Crippen LogP contribution is 2.36. The second-order valence-corrected chi connectivity index (χ2v) is 13.5. The van der Waals surface area contributed by atoms with Gasteiger partial charge in [0.15, 0.2) is 0 Å². The molecule has 8 nitrogen and oxygen atoms in total. The minimum atomic E-state index is -0.570. The quantitative estimate of drug-likeness (QED) is 0.196. The van der Waals surface area contributed by atoms with Crippen molar-refractivity contribution in [2.75, 3.05) is 64.6 Å². The Balaban J connectivity index is 1.22. The van der Waals surface area contributed by atoms with Crippen molar-refractivity contribution in [1.29, 1.82) is 0 Å². The van der Waals surface area contributed by atoms with E-state index in [1.165, 1.54) is 0 Å². The van der Waals surface area contributed by atoms with Crippen LogP contribution < -0.4 is 19.1 Å². The van der Waals surface area contributed by atoms with Crippen LogP contribution in [0, 0.1) is 0 Å². The summed E-state index contributed by atoms with van der Waals surface area (Å²) >= 11 is 6.17. The Bertz CT molecular complexity index is 1380. The van der Waals surface area contributed by atoms with Crippen molar-refractivity contribution in [3.05, 3.63) is 82.9 Å². The van der Waals surface area contributed by atoms with Crippen molar-refractivity contribution >= 4 is 17.3 Å². The average Bonchev–Trinajstić information content (AvgIpc) is 3.04. The van der Waals surface area contributed by atoms with Gasteiger partial charge in [-0.1, -0.05) is 41.9 Å². The number of fused-ring (bicyclic) bond motifs is 1.